The van der Waals surface area contributed by atoms with Gasteiger partial charge < -0.3 is 15.2 Å². The Hall–Kier alpha value is -0.870. The van der Waals surface area contributed by atoms with Crippen LogP contribution in [0.15, 0.2) is 24.3 Å². The van der Waals surface area contributed by atoms with E-state index in [0.717, 1.165) is 42.6 Å². The summed E-state index contributed by atoms with van der Waals surface area (Å²) in [5.41, 5.74) is 6.38. The van der Waals surface area contributed by atoms with Gasteiger partial charge in [-0.1, -0.05) is 0 Å². The highest BCUT2D eigenvalue weighted by Crippen LogP contribution is 2.18. The smallest absolute Gasteiger partial charge is 0.119 e. The lowest BCUT2D eigenvalue weighted by Crippen LogP contribution is -2.09. The van der Waals surface area contributed by atoms with E-state index in [1.54, 1.807) is 0 Å². The van der Waals surface area contributed by atoms with Crippen molar-refractivity contribution >= 4 is 17.4 Å². The summed E-state index contributed by atoms with van der Waals surface area (Å²) >= 11 is 1.96. The molecule has 0 amide bonds. The molecule has 1 aliphatic heterocycles. The molecule has 2 rings (SSSR count). The molecule has 1 fully saturated rings. The molecule has 18 heavy (non-hydrogen) atoms. The van der Waals surface area contributed by atoms with Crippen LogP contribution in [0.3, 0.4) is 0 Å². The number of rotatable bonds is 7. The summed E-state index contributed by atoms with van der Waals surface area (Å²) in [6, 6.07) is 7.55. The molecule has 1 aromatic carbocycles. The van der Waals surface area contributed by atoms with Crippen LogP contribution in [0.25, 0.3) is 0 Å². The number of thioether (sulfide) groups is 1. The van der Waals surface area contributed by atoms with E-state index in [9.17, 15) is 0 Å². The first-order valence-electron chi connectivity index (χ1n) is 6.52. The zero-order valence-corrected chi connectivity index (χ0v) is 11.5. The Labute approximate surface area is 113 Å². The van der Waals surface area contributed by atoms with Gasteiger partial charge in [-0.3, -0.25) is 0 Å². The summed E-state index contributed by atoms with van der Waals surface area (Å²) in [7, 11) is 0. The van der Waals surface area contributed by atoms with Crippen LogP contribution in [0.5, 0.6) is 5.75 Å². The number of benzene rings is 1. The first kappa shape index (κ1) is 13.6. The number of anilines is 1. The molecule has 1 saturated heterocycles. The van der Waals surface area contributed by atoms with Crippen LogP contribution in [0.2, 0.25) is 0 Å². The number of ether oxygens (including phenoxy) is 2. The molecule has 3 nitrogen and oxygen atoms in total. The third-order valence-corrected chi connectivity index (χ3v) is 4.09. The van der Waals surface area contributed by atoms with Crippen LogP contribution < -0.4 is 10.5 Å². The second-order valence-electron chi connectivity index (χ2n) is 4.48. The lowest BCUT2D eigenvalue weighted by molar-refractivity contribution is 0.129. The fourth-order valence-electron chi connectivity index (χ4n) is 1.91. The van der Waals surface area contributed by atoms with Crippen LogP contribution in [0.4, 0.5) is 5.69 Å². The van der Waals surface area contributed by atoms with Gasteiger partial charge in [0.25, 0.3) is 0 Å². The number of nitrogens with two attached hydrogens (primary N) is 1. The molecule has 0 spiro atoms. The van der Waals surface area contributed by atoms with Crippen molar-refractivity contribution in [2.75, 3.05) is 30.5 Å². The third-order valence-electron chi connectivity index (χ3n) is 2.91. The monoisotopic (exact) mass is 267 g/mol. The first-order valence-corrected chi connectivity index (χ1v) is 7.68. The lowest BCUT2D eigenvalue weighted by Gasteiger charge is -2.09. The molecule has 1 unspecified atom stereocenters. The Bertz CT molecular complexity index is 336. The summed E-state index contributed by atoms with van der Waals surface area (Å²) in [6.45, 7) is 1.72. The highest BCUT2D eigenvalue weighted by atomic mass is 32.2. The third kappa shape index (κ3) is 4.78. The molecule has 2 N–H and O–H groups in total. The topological polar surface area (TPSA) is 44.5 Å². The van der Waals surface area contributed by atoms with Crippen molar-refractivity contribution in [1.29, 1.82) is 0 Å². The van der Waals surface area contributed by atoms with Crippen LogP contribution in [-0.2, 0) is 4.74 Å². The van der Waals surface area contributed by atoms with Crippen molar-refractivity contribution in [2.45, 2.75) is 25.4 Å². The number of nitrogen functional groups attached to an aromatic ring is 1. The first-order chi connectivity index (χ1) is 8.84. The van der Waals surface area contributed by atoms with Crippen LogP contribution >= 0.6 is 11.8 Å². The van der Waals surface area contributed by atoms with Gasteiger partial charge in [-0.15, -0.1) is 0 Å². The minimum atomic E-state index is 0.494. The van der Waals surface area contributed by atoms with E-state index in [1.165, 1.54) is 12.8 Å². The van der Waals surface area contributed by atoms with Gasteiger partial charge in [-0.25, -0.2) is 0 Å². The maximum atomic E-state index is 5.63. The van der Waals surface area contributed by atoms with E-state index in [-0.39, 0.29) is 0 Å². The van der Waals surface area contributed by atoms with Gasteiger partial charge in [0, 0.05) is 18.0 Å². The van der Waals surface area contributed by atoms with Crippen LogP contribution in [-0.4, -0.2) is 30.8 Å². The molecule has 4 heteroatoms. The van der Waals surface area contributed by atoms with Crippen molar-refractivity contribution in [3.63, 3.8) is 0 Å². The highest BCUT2D eigenvalue weighted by molar-refractivity contribution is 7.99. The predicted octanol–water partition coefficient (Wildman–Crippen LogP) is 2.95. The average Bonchev–Trinajstić information content (AvgIpc) is 2.89. The molecular formula is C14H21NO2S. The van der Waals surface area contributed by atoms with Crippen molar-refractivity contribution in [1.82, 2.24) is 0 Å². The number of hydrogen-bond acceptors (Lipinski definition) is 4. The van der Waals surface area contributed by atoms with Gasteiger partial charge in [0.2, 0.25) is 0 Å². The standard InChI is InChI=1S/C14H21NO2S/c15-12-4-6-13(7-5-12)16-9-2-10-18-11-14-3-1-8-17-14/h4-7,14H,1-3,8-11,15H2. The number of hydrogen-bond donors (Lipinski definition) is 1. The fourth-order valence-corrected chi connectivity index (χ4v) is 2.92. The minimum absolute atomic E-state index is 0.494. The SMILES string of the molecule is Nc1ccc(OCCCSCC2CCCO2)cc1. The second-order valence-corrected chi connectivity index (χ2v) is 5.63. The fraction of sp³-hybridized carbons (Fsp3) is 0.571. The van der Waals surface area contributed by atoms with Crippen molar-refractivity contribution < 1.29 is 9.47 Å². The summed E-state index contributed by atoms with van der Waals surface area (Å²) < 4.78 is 11.2. The van der Waals surface area contributed by atoms with Gasteiger partial charge in [-0.2, -0.15) is 11.8 Å². The molecule has 100 valence electrons. The molecule has 0 radical (unpaired) electrons. The van der Waals surface area contributed by atoms with Crippen molar-refractivity contribution in [3.05, 3.63) is 24.3 Å². The van der Waals surface area contributed by atoms with E-state index in [2.05, 4.69) is 0 Å². The van der Waals surface area contributed by atoms with E-state index >= 15 is 0 Å². The summed E-state index contributed by atoms with van der Waals surface area (Å²) in [6.07, 6.45) is 4.02. The van der Waals surface area contributed by atoms with Gasteiger partial charge in [0.05, 0.1) is 12.7 Å². The van der Waals surface area contributed by atoms with Gasteiger partial charge in [0.1, 0.15) is 5.75 Å². The van der Waals surface area contributed by atoms with E-state index in [0.29, 0.717) is 6.10 Å². The van der Waals surface area contributed by atoms with Crippen LogP contribution in [0, 0.1) is 0 Å². The largest absolute Gasteiger partial charge is 0.494 e. The van der Waals surface area contributed by atoms with Crippen molar-refractivity contribution in [2.24, 2.45) is 0 Å². The molecule has 0 aromatic heterocycles. The molecule has 0 saturated carbocycles. The quantitative estimate of drug-likeness (QED) is 0.609. The zero-order valence-electron chi connectivity index (χ0n) is 10.6. The maximum absolute atomic E-state index is 5.63. The molecular weight excluding hydrogens is 246 g/mol. The summed E-state index contributed by atoms with van der Waals surface area (Å²) in [4.78, 5) is 0. The Morgan fingerprint density at radius 3 is 2.89 bits per heavy atom. The van der Waals surface area contributed by atoms with Gasteiger partial charge in [-0.05, 0) is 49.3 Å². The normalized spacial score (nSPS) is 19.0. The van der Waals surface area contributed by atoms with E-state index in [1.807, 2.05) is 36.0 Å². The maximum Gasteiger partial charge on any atom is 0.119 e. The molecule has 1 heterocycles. The van der Waals surface area contributed by atoms with Crippen molar-refractivity contribution in [3.8, 4) is 5.75 Å². The van der Waals surface area contributed by atoms with E-state index < -0.39 is 0 Å². The Morgan fingerprint density at radius 2 is 2.17 bits per heavy atom. The Morgan fingerprint density at radius 1 is 1.33 bits per heavy atom. The predicted molar refractivity (Wildman–Crippen MR) is 77.3 cm³/mol. The van der Waals surface area contributed by atoms with Gasteiger partial charge in [0.15, 0.2) is 0 Å². The minimum Gasteiger partial charge on any atom is -0.494 e. The molecule has 1 aliphatic rings. The van der Waals surface area contributed by atoms with Crippen LogP contribution in [0.1, 0.15) is 19.3 Å². The summed E-state index contributed by atoms with van der Waals surface area (Å²) in [5.74, 6) is 3.16. The highest BCUT2D eigenvalue weighted by Gasteiger charge is 2.14. The molecule has 0 bridgehead atoms. The van der Waals surface area contributed by atoms with E-state index in [4.69, 9.17) is 15.2 Å². The second kappa shape index (κ2) is 7.54. The zero-order chi connectivity index (χ0) is 12.6. The lowest BCUT2D eigenvalue weighted by atomic mass is 10.3. The summed E-state index contributed by atoms with van der Waals surface area (Å²) in [5, 5.41) is 0. The van der Waals surface area contributed by atoms with Gasteiger partial charge >= 0.3 is 0 Å². The average molecular weight is 267 g/mol. The Balaban J connectivity index is 1.49. The molecule has 1 atom stereocenters. The Kier molecular flexibility index (Phi) is 5.68. The molecule has 1 aromatic rings. The molecule has 0 aliphatic carbocycles.